The molecule has 2 saturated carbocycles. The van der Waals surface area contributed by atoms with Crippen LogP contribution in [0.5, 0.6) is 0 Å². The summed E-state index contributed by atoms with van der Waals surface area (Å²) in [7, 11) is 0. The van der Waals surface area contributed by atoms with Crippen LogP contribution in [0.3, 0.4) is 0 Å². The van der Waals surface area contributed by atoms with E-state index in [1.54, 1.807) is 0 Å². The molecule has 2 atom stereocenters. The van der Waals surface area contributed by atoms with Crippen molar-refractivity contribution in [1.29, 1.82) is 0 Å². The zero-order valence-corrected chi connectivity index (χ0v) is 22.2. The Morgan fingerprint density at radius 2 is 1.03 bits per heavy atom. The van der Waals surface area contributed by atoms with E-state index in [4.69, 9.17) is 37.9 Å². The first kappa shape index (κ1) is 28.1. The first-order chi connectivity index (χ1) is 18.1. The van der Waals surface area contributed by atoms with E-state index in [0.717, 1.165) is 25.7 Å². The Labute approximate surface area is 220 Å². The molecule has 3 aliphatic heterocycles. The molecule has 10 nitrogen and oxygen atoms in total. The van der Waals surface area contributed by atoms with E-state index in [2.05, 4.69) is 0 Å². The molecule has 0 bridgehead atoms. The molecule has 0 amide bonds. The van der Waals surface area contributed by atoms with E-state index in [0.29, 0.717) is 18.4 Å². The Morgan fingerprint density at radius 1 is 0.568 bits per heavy atom. The molecule has 0 aromatic rings. The highest BCUT2D eigenvalue weighted by molar-refractivity contribution is 5.00. The van der Waals surface area contributed by atoms with Crippen LogP contribution >= 0.6 is 0 Å². The summed E-state index contributed by atoms with van der Waals surface area (Å²) >= 11 is 0. The summed E-state index contributed by atoms with van der Waals surface area (Å²) < 4.78 is 48.3. The molecule has 37 heavy (non-hydrogen) atoms. The number of hydrogen-bond donors (Lipinski definition) is 2. The predicted molar refractivity (Wildman–Crippen MR) is 131 cm³/mol. The fourth-order valence-electron chi connectivity index (χ4n) is 6.73. The van der Waals surface area contributed by atoms with Crippen molar-refractivity contribution in [3.8, 4) is 0 Å². The summed E-state index contributed by atoms with van der Waals surface area (Å²) in [5.74, 6) is 0.0884. The standard InChI is InChI=1S/C27H46O10/c28-11-24(15-32-20-35-24)13-30-17-26(18-31-14-25(12-29)16-33-21-36-25)19-34-27(37-26,22-7-3-1-4-8-22)23-9-5-2-6-10-23/h22-23,28-29H,1-21H2. The van der Waals surface area contributed by atoms with E-state index in [1.807, 2.05) is 0 Å². The fraction of sp³-hybridized carbons (Fsp3) is 1.00. The van der Waals surface area contributed by atoms with E-state index < -0.39 is 22.6 Å². The van der Waals surface area contributed by atoms with Crippen LogP contribution < -0.4 is 0 Å². The highest BCUT2D eigenvalue weighted by Gasteiger charge is 2.59. The first-order valence-electron chi connectivity index (χ1n) is 14.2. The third-order valence-corrected chi connectivity index (χ3v) is 8.95. The molecule has 5 fully saturated rings. The Morgan fingerprint density at radius 3 is 1.43 bits per heavy atom. The number of aliphatic hydroxyl groups is 2. The molecule has 2 aliphatic carbocycles. The molecule has 5 aliphatic rings. The Bertz CT molecular complexity index is 645. The maximum Gasteiger partial charge on any atom is 0.175 e. The molecule has 0 spiro atoms. The lowest BCUT2D eigenvalue weighted by atomic mass is 9.72. The highest BCUT2D eigenvalue weighted by Crippen LogP contribution is 2.51. The molecule has 5 rings (SSSR count). The average molecular weight is 531 g/mol. The quantitative estimate of drug-likeness (QED) is 0.389. The maximum atomic E-state index is 9.90. The molecule has 0 radical (unpaired) electrons. The third kappa shape index (κ3) is 6.19. The second kappa shape index (κ2) is 12.4. The van der Waals surface area contributed by atoms with Crippen LogP contribution in [0.15, 0.2) is 0 Å². The van der Waals surface area contributed by atoms with Gasteiger partial charge in [-0.2, -0.15) is 0 Å². The summed E-state index contributed by atoms with van der Waals surface area (Å²) in [6, 6.07) is 0. The zero-order chi connectivity index (χ0) is 25.7. The van der Waals surface area contributed by atoms with Crippen molar-refractivity contribution in [2.24, 2.45) is 11.8 Å². The summed E-state index contributed by atoms with van der Waals surface area (Å²) in [6.07, 6.45) is 11.8. The minimum absolute atomic E-state index is 0.148. The van der Waals surface area contributed by atoms with Gasteiger partial charge in [0.25, 0.3) is 0 Å². The van der Waals surface area contributed by atoms with Crippen molar-refractivity contribution in [3.05, 3.63) is 0 Å². The van der Waals surface area contributed by atoms with Crippen LogP contribution in [0.4, 0.5) is 0 Å². The zero-order valence-electron chi connectivity index (χ0n) is 22.2. The second-order valence-corrected chi connectivity index (χ2v) is 11.9. The smallest absolute Gasteiger partial charge is 0.175 e. The van der Waals surface area contributed by atoms with Gasteiger partial charge in [0, 0.05) is 11.8 Å². The van der Waals surface area contributed by atoms with Gasteiger partial charge >= 0.3 is 0 Å². The van der Waals surface area contributed by atoms with Crippen molar-refractivity contribution in [1.82, 2.24) is 0 Å². The van der Waals surface area contributed by atoms with Gasteiger partial charge in [-0.25, -0.2) is 0 Å². The molecule has 2 unspecified atom stereocenters. The Kier molecular flexibility index (Phi) is 9.44. The van der Waals surface area contributed by atoms with Gasteiger partial charge in [-0.05, 0) is 25.7 Å². The lowest BCUT2D eigenvalue weighted by Gasteiger charge is -2.46. The van der Waals surface area contributed by atoms with Gasteiger partial charge in [0.15, 0.2) is 5.79 Å². The molecule has 0 aromatic heterocycles. The van der Waals surface area contributed by atoms with Gasteiger partial charge in [0.2, 0.25) is 0 Å². The van der Waals surface area contributed by atoms with Crippen molar-refractivity contribution in [2.75, 3.05) is 73.0 Å². The van der Waals surface area contributed by atoms with Crippen molar-refractivity contribution < 1.29 is 48.1 Å². The second-order valence-electron chi connectivity index (χ2n) is 11.9. The van der Waals surface area contributed by atoms with Gasteiger partial charge in [-0.3, -0.25) is 0 Å². The van der Waals surface area contributed by atoms with Crippen LogP contribution in [0.2, 0.25) is 0 Å². The first-order valence-corrected chi connectivity index (χ1v) is 14.2. The summed E-state index contributed by atoms with van der Waals surface area (Å²) in [5.41, 5.74) is -2.54. The number of ether oxygens (including phenoxy) is 8. The lowest BCUT2D eigenvalue weighted by Crippen LogP contribution is -2.53. The minimum atomic E-state index is -0.860. The van der Waals surface area contributed by atoms with Gasteiger partial charge in [0.05, 0.1) is 59.5 Å². The normalized spacial score (nSPS) is 37.5. The van der Waals surface area contributed by atoms with E-state index in [9.17, 15) is 10.2 Å². The molecular weight excluding hydrogens is 484 g/mol. The Balaban J connectivity index is 1.32. The topological polar surface area (TPSA) is 114 Å². The molecular formula is C27H46O10. The number of aliphatic hydroxyl groups excluding tert-OH is 2. The van der Waals surface area contributed by atoms with Crippen LogP contribution in [0, 0.1) is 11.8 Å². The average Bonchev–Trinajstić information content (AvgIpc) is 3.71. The van der Waals surface area contributed by atoms with Crippen LogP contribution in [-0.4, -0.2) is 106 Å². The van der Waals surface area contributed by atoms with E-state index in [-0.39, 0.29) is 66.4 Å². The van der Waals surface area contributed by atoms with Crippen molar-refractivity contribution in [3.63, 3.8) is 0 Å². The molecule has 0 aromatic carbocycles. The monoisotopic (exact) mass is 530 g/mol. The predicted octanol–water partition coefficient (Wildman–Crippen LogP) is 2.13. The summed E-state index contributed by atoms with van der Waals surface area (Å²) in [6.45, 7) is 1.72. The van der Waals surface area contributed by atoms with Crippen LogP contribution in [-0.2, 0) is 37.9 Å². The van der Waals surface area contributed by atoms with E-state index in [1.165, 1.54) is 38.5 Å². The van der Waals surface area contributed by atoms with Crippen molar-refractivity contribution in [2.45, 2.75) is 86.8 Å². The van der Waals surface area contributed by atoms with Gasteiger partial charge in [-0.1, -0.05) is 38.5 Å². The molecule has 3 saturated heterocycles. The lowest BCUT2D eigenvalue weighted by molar-refractivity contribution is -0.275. The van der Waals surface area contributed by atoms with Gasteiger partial charge < -0.3 is 48.1 Å². The third-order valence-electron chi connectivity index (χ3n) is 8.95. The van der Waals surface area contributed by atoms with Crippen LogP contribution in [0.25, 0.3) is 0 Å². The molecule has 2 N–H and O–H groups in total. The van der Waals surface area contributed by atoms with Crippen molar-refractivity contribution >= 4 is 0 Å². The summed E-state index contributed by atoms with van der Waals surface area (Å²) in [5, 5.41) is 19.8. The van der Waals surface area contributed by atoms with Gasteiger partial charge in [0.1, 0.15) is 30.4 Å². The molecule has 3 heterocycles. The number of rotatable bonds is 12. The maximum absolute atomic E-state index is 9.90. The van der Waals surface area contributed by atoms with E-state index >= 15 is 0 Å². The molecule has 214 valence electrons. The Hall–Kier alpha value is -0.400. The SMILES string of the molecule is OCC1(COCC2(COCC3(CO)COCO3)COC(C3CCCCC3)(C3CCCCC3)O2)COCO1. The van der Waals surface area contributed by atoms with Gasteiger partial charge in [-0.15, -0.1) is 0 Å². The largest absolute Gasteiger partial charge is 0.393 e. The highest BCUT2D eigenvalue weighted by atomic mass is 16.8. The molecule has 10 heteroatoms. The summed E-state index contributed by atoms with van der Waals surface area (Å²) in [4.78, 5) is 0. The minimum Gasteiger partial charge on any atom is -0.393 e. The van der Waals surface area contributed by atoms with Crippen LogP contribution in [0.1, 0.15) is 64.2 Å². The fourth-order valence-corrected chi connectivity index (χ4v) is 6.73. The number of hydrogen-bond acceptors (Lipinski definition) is 10.